The summed E-state index contributed by atoms with van der Waals surface area (Å²) in [4.78, 5) is 13.6. The van der Waals surface area contributed by atoms with Crippen LogP contribution in [0.1, 0.15) is 11.6 Å². The third-order valence-corrected chi connectivity index (χ3v) is 1.82. The number of nitrogens with zero attached hydrogens (tertiary/aromatic N) is 3. The molecule has 0 saturated carbocycles. The zero-order valence-corrected chi connectivity index (χ0v) is 8.12. The molecular formula is C8H8N4O4. The Balaban J connectivity index is 1.83. The summed E-state index contributed by atoms with van der Waals surface area (Å²) in [5, 5.41) is 16.9. The Kier molecular flexibility index (Phi) is 2.92. The molecule has 0 aromatic carbocycles. The van der Waals surface area contributed by atoms with E-state index in [2.05, 4.69) is 20.0 Å². The molecule has 16 heavy (non-hydrogen) atoms. The Hall–Kier alpha value is -2.22. The van der Waals surface area contributed by atoms with Crippen LogP contribution < -0.4 is 5.32 Å². The second-order valence-electron chi connectivity index (χ2n) is 2.95. The van der Waals surface area contributed by atoms with Gasteiger partial charge in [-0.2, -0.15) is 4.98 Å². The van der Waals surface area contributed by atoms with Crippen LogP contribution in [0.2, 0.25) is 0 Å². The van der Waals surface area contributed by atoms with Crippen molar-refractivity contribution in [2.45, 2.75) is 13.1 Å². The van der Waals surface area contributed by atoms with Gasteiger partial charge in [0.2, 0.25) is 6.39 Å². The van der Waals surface area contributed by atoms with Crippen molar-refractivity contribution in [3.05, 3.63) is 40.2 Å². The normalized spacial score (nSPS) is 10.5. The van der Waals surface area contributed by atoms with E-state index in [0.29, 0.717) is 24.7 Å². The van der Waals surface area contributed by atoms with Crippen LogP contribution in [-0.4, -0.2) is 15.1 Å². The summed E-state index contributed by atoms with van der Waals surface area (Å²) in [6.45, 7) is 0.771. The maximum absolute atomic E-state index is 10.3. The van der Waals surface area contributed by atoms with Crippen LogP contribution in [0.3, 0.4) is 0 Å². The zero-order chi connectivity index (χ0) is 11.4. The molecule has 0 aliphatic carbocycles. The molecule has 8 nitrogen and oxygen atoms in total. The molecule has 0 bridgehead atoms. The van der Waals surface area contributed by atoms with Crippen LogP contribution in [0.5, 0.6) is 0 Å². The highest BCUT2D eigenvalue weighted by Crippen LogP contribution is 2.15. The van der Waals surface area contributed by atoms with Gasteiger partial charge in [-0.25, -0.2) is 0 Å². The Morgan fingerprint density at radius 2 is 2.31 bits per heavy atom. The van der Waals surface area contributed by atoms with Gasteiger partial charge in [0.15, 0.2) is 5.82 Å². The van der Waals surface area contributed by atoms with E-state index < -0.39 is 4.92 Å². The van der Waals surface area contributed by atoms with Crippen molar-refractivity contribution < 1.29 is 13.9 Å². The van der Waals surface area contributed by atoms with Crippen molar-refractivity contribution in [1.29, 1.82) is 0 Å². The number of furan rings is 1. The second kappa shape index (κ2) is 4.53. The third-order valence-electron chi connectivity index (χ3n) is 1.82. The Morgan fingerprint density at radius 3 is 2.94 bits per heavy atom. The predicted octanol–water partition coefficient (Wildman–Crippen LogP) is 0.861. The first-order chi connectivity index (χ1) is 7.75. The third kappa shape index (κ3) is 2.42. The largest absolute Gasteiger partial charge is 0.433 e. The SMILES string of the molecule is O=[N+]([O-])c1ccc(CNCc2ncon2)o1. The molecule has 0 atom stereocenters. The van der Waals surface area contributed by atoms with E-state index in [9.17, 15) is 10.1 Å². The van der Waals surface area contributed by atoms with Crippen molar-refractivity contribution in [1.82, 2.24) is 15.5 Å². The van der Waals surface area contributed by atoms with Gasteiger partial charge in [-0.1, -0.05) is 5.16 Å². The van der Waals surface area contributed by atoms with Crippen molar-refractivity contribution in [2.24, 2.45) is 0 Å². The van der Waals surface area contributed by atoms with Crippen molar-refractivity contribution in [3.8, 4) is 0 Å². The molecule has 0 aliphatic rings. The maximum atomic E-state index is 10.3. The lowest BCUT2D eigenvalue weighted by molar-refractivity contribution is -0.402. The van der Waals surface area contributed by atoms with Gasteiger partial charge in [-0.15, -0.1) is 0 Å². The number of hydrogen-bond donors (Lipinski definition) is 1. The fourth-order valence-corrected chi connectivity index (χ4v) is 1.13. The first-order valence-corrected chi connectivity index (χ1v) is 4.45. The van der Waals surface area contributed by atoms with Gasteiger partial charge >= 0.3 is 5.88 Å². The summed E-state index contributed by atoms with van der Waals surface area (Å²) in [6, 6.07) is 2.85. The summed E-state index contributed by atoms with van der Waals surface area (Å²) in [7, 11) is 0. The number of aromatic nitrogens is 2. The second-order valence-corrected chi connectivity index (χ2v) is 2.95. The molecule has 0 fully saturated rings. The van der Waals surface area contributed by atoms with Gasteiger partial charge < -0.3 is 14.3 Å². The van der Waals surface area contributed by atoms with Gasteiger partial charge in [-0.3, -0.25) is 10.1 Å². The van der Waals surface area contributed by atoms with Crippen LogP contribution >= 0.6 is 0 Å². The standard InChI is InChI=1S/C8H8N4O4/c13-12(14)8-2-1-6(16-8)3-9-4-7-10-5-15-11-7/h1-2,5,9H,3-4H2. The number of hydrogen-bond acceptors (Lipinski definition) is 7. The van der Waals surface area contributed by atoms with E-state index in [4.69, 9.17) is 4.42 Å². The molecule has 1 N–H and O–H groups in total. The lowest BCUT2D eigenvalue weighted by Crippen LogP contribution is -2.13. The quantitative estimate of drug-likeness (QED) is 0.592. The van der Waals surface area contributed by atoms with Gasteiger partial charge in [-0.05, 0) is 6.07 Å². The fraction of sp³-hybridized carbons (Fsp3) is 0.250. The molecule has 0 saturated heterocycles. The van der Waals surface area contributed by atoms with E-state index in [1.165, 1.54) is 12.5 Å². The highest BCUT2D eigenvalue weighted by Gasteiger charge is 2.11. The summed E-state index contributed by atoms with van der Waals surface area (Å²) in [6.07, 6.45) is 1.23. The van der Waals surface area contributed by atoms with Gasteiger partial charge in [0, 0.05) is 0 Å². The van der Waals surface area contributed by atoms with E-state index in [1.807, 2.05) is 0 Å². The van der Waals surface area contributed by atoms with Crippen LogP contribution in [0, 0.1) is 10.1 Å². The molecule has 2 aromatic rings. The van der Waals surface area contributed by atoms with Crippen molar-refractivity contribution in [2.75, 3.05) is 0 Å². The van der Waals surface area contributed by atoms with Crippen LogP contribution in [0.25, 0.3) is 0 Å². The van der Waals surface area contributed by atoms with Gasteiger partial charge in [0.05, 0.1) is 19.2 Å². The average Bonchev–Trinajstić information content (AvgIpc) is 2.87. The summed E-state index contributed by atoms with van der Waals surface area (Å²) >= 11 is 0. The fourth-order valence-electron chi connectivity index (χ4n) is 1.13. The van der Waals surface area contributed by atoms with Gasteiger partial charge in [0.1, 0.15) is 10.7 Å². The van der Waals surface area contributed by atoms with E-state index in [0.717, 1.165) is 0 Å². The highest BCUT2D eigenvalue weighted by atomic mass is 16.6. The number of nitro groups is 1. The first kappa shape index (κ1) is 10.3. The minimum absolute atomic E-state index is 0.267. The summed E-state index contributed by atoms with van der Waals surface area (Å²) in [5.74, 6) is 0.729. The highest BCUT2D eigenvalue weighted by molar-refractivity contribution is 5.17. The summed E-state index contributed by atoms with van der Waals surface area (Å²) in [5.41, 5.74) is 0. The topological polar surface area (TPSA) is 107 Å². The molecule has 2 heterocycles. The lowest BCUT2D eigenvalue weighted by Gasteiger charge is -1.96. The van der Waals surface area contributed by atoms with Crippen LogP contribution in [-0.2, 0) is 13.1 Å². The Morgan fingerprint density at radius 1 is 1.44 bits per heavy atom. The van der Waals surface area contributed by atoms with Gasteiger partial charge in [0.25, 0.3) is 0 Å². The molecule has 8 heteroatoms. The van der Waals surface area contributed by atoms with E-state index in [1.54, 1.807) is 6.07 Å². The summed E-state index contributed by atoms with van der Waals surface area (Å²) < 4.78 is 9.48. The molecule has 0 radical (unpaired) electrons. The zero-order valence-electron chi connectivity index (χ0n) is 8.12. The van der Waals surface area contributed by atoms with Crippen molar-refractivity contribution in [3.63, 3.8) is 0 Å². The molecule has 0 spiro atoms. The first-order valence-electron chi connectivity index (χ1n) is 4.45. The monoisotopic (exact) mass is 224 g/mol. The minimum Gasteiger partial charge on any atom is -0.404 e. The molecule has 2 rings (SSSR count). The van der Waals surface area contributed by atoms with Crippen molar-refractivity contribution >= 4 is 5.88 Å². The number of nitrogens with one attached hydrogen (secondary N) is 1. The molecule has 84 valence electrons. The molecule has 2 aromatic heterocycles. The maximum Gasteiger partial charge on any atom is 0.433 e. The predicted molar refractivity (Wildman–Crippen MR) is 50.2 cm³/mol. The molecule has 0 aliphatic heterocycles. The van der Waals surface area contributed by atoms with Crippen LogP contribution in [0.4, 0.5) is 5.88 Å². The smallest absolute Gasteiger partial charge is 0.404 e. The lowest BCUT2D eigenvalue weighted by atomic mass is 10.4. The molecule has 0 amide bonds. The Labute approximate surface area is 89.4 Å². The minimum atomic E-state index is -0.581. The Bertz CT molecular complexity index is 464. The number of rotatable bonds is 5. The van der Waals surface area contributed by atoms with E-state index in [-0.39, 0.29) is 5.88 Å². The molecular weight excluding hydrogens is 216 g/mol. The molecule has 0 unspecified atom stereocenters. The van der Waals surface area contributed by atoms with Crippen LogP contribution in [0.15, 0.2) is 27.5 Å². The van der Waals surface area contributed by atoms with E-state index >= 15 is 0 Å². The average molecular weight is 224 g/mol.